The summed E-state index contributed by atoms with van der Waals surface area (Å²) in [6.45, 7) is 2.59. The lowest BCUT2D eigenvalue weighted by Gasteiger charge is -2.47. The van der Waals surface area contributed by atoms with Gasteiger partial charge in [-0.05, 0) is 53.8 Å². The van der Waals surface area contributed by atoms with Crippen molar-refractivity contribution >= 4 is 22.7 Å². The summed E-state index contributed by atoms with van der Waals surface area (Å²) in [4.78, 5) is 34.9. The molecule has 1 N–H and O–H groups in total. The lowest BCUT2D eigenvalue weighted by Crippen LogP contribution is -2.63. The molecule has 4 aromatic rings. The molecule has 7 nitrogen and oxygen atoms in total. The number of aryl methyl sites for hydroxylation is 1. The molecule has 1 saturated heterocycles. The molecule has 2 aliphatic heterocycles. The number of nitrogens with one attached hydrogen (secondary N) is 1. The van der Waals surface area contributed by atoms with Gasteiger partial charge in [0.25, 0.3) is 0 Å². The van der Waals surface area contributed by atoms with Crippen LogP contribution >= 0.6 is 0 Å². The molecule has 38 heavy (non-hydrogen) atoms. The maximum absolute atomic E-state index is 14.0. The van der Waals surface area contributed by atoms with Gasteiger partial charge in [-0.3, -0.25) is 9.59 Å². The summed E-state index contributed by atoms with van der Waals surface area (Å²) in [5.74, 6) is 1.28. The Morgan fingerprint density at radius 1 is 0.947 bits per heavy atom. The topological polar surface area (TPSA) is 74.9 Å². The number of fused-ring (bicyclic) bond motifs is 4. The number of para-hydroxylation sites is 1. The molecule has 2 aliphatic rings. The fraction of sp³-hybridized carbons (Fsp3) is 0.290. The number of aromatic nitrogens is 1. The molecule has 194 valence electrons. The monoisotopic (exact) mass is 509 g/mol. The molecule has 0 bridgehead atoms. The number of rotatable bonds is 6. The summed E-state index contributed by atoms with van der Waals surface area (Å²) in [6.07, 6.45) is 1.12. The van der Waals surface area contributed by atoms with E-state index in [-0.39, 0.29) is 24.4 Å². The average molecular weight is 510 g/mol. The van der Waals surface area contributed by atoms with E-state index in [1.54, 1.807) is 19.1 Å². The molecule has 2 amide bonds. The summed E-state index contributed by atoms with van der Waals surface area (Å²) >= 11 is 0. The van der Waals surface area contributed by atoms with Crippen LogP contribution in [0.2, 0.25) is 0 Å². The van der Waals surface area contributed by atoms with Crippen molar-refractivity contribution in [3.8, 4) is 11.5 Å². The van der Waals surface area contributed by atoms with E-state index in [2.05, 4.69) is 36.2 Å². The Kier molecular flexibility index (Phi) is 6.06. The van der Waals surface area contributed by atoms with Crippen molar-refractivity contribution in [1.82, 2.24) is 14.8 Å². The number of H-pyrrole nitrogens is 1. The SMILES string of the molecule is COc1ccc(CCN2CC(=O)N3[C@@H](c4ccccc4C)c4[nH]c5ccccc5c4C[C@H]3C2=O)cc1OC. The van der Waals surface area contributed by atoms with E-state index in [9.17, 15) is 9.59 Å². The average Bonchev–Trinajstić information content (AvgIpc) is 3.32. The minimum atomic E-state index is -0.544. The van der Waals surface area contributed by atoms with Gasteiger partial charge in [-0.15, -0.1) is 0 Å². The van der Waals surface area contributed by atoms with Gasteiger partial charge in [-0.2, -0.15) is 0 Å². The Hall–Kier alpha value is -4.26. The van der Waals surface area contributed by atoms with E-state index in [0.29, 0.717) is 30.9 Å². The predicted molar refractivity (Wildman–Crippen MR) is 145 cm³/mol. The molecule has 7 heteroatoms. The molecule has 0 radical (unpaired) electrons. The highest BCUT2D eigenvalue weighted by Gasteiger charge is 2.48. The minimum absolute atomic E-state index is 0.000378. The number of carbonyl (C=O) groups excluding carboxylic acids is 2. The van der Waals surface area contributed by atoms with Gasteiger partial charge in [0.05, 0.1) is 26.8 Å². The third-order valence-corrected chi connectivity index (χ3v) is 7.94. The van der Waals surface area contributed by atoms with Crippen LogP contribution in [-0.4, -0.2) is 59.9 Å². The molecule has 0 unspecified atom stereocenters. The van der Waals surface area contributed by atoms with Crippen LogP contribution < -0.4 is 9.47 Å². The Morgan fingerprint density at radius 2 is 1.71 bits per heavy atom. The number of piperazine rings is 1. The highest BCUT2D eigenvalue weighted by Crippen LogP contribution is 2.43. The maximum Gasteiger partial charge on any atom is 0.246 e. The summed E-state index contributed by atoms with van der Waals surface area (Å²) in [5.41, 5.74) is 6.32. The van der Waals surface area contributed by atoms with E-state index in [4.69, 9.17) is 9.47 Å². The van der Waals surface area contributed by atoms with Crippen LogP contribution in [0.3, 0.4) is 0 Å². The molecule has 1 fully saturated rings. The van der Waals surface area contributed by atoms with Crippen LogP contribution in [0, 0.1) is 6.92 Å². The number of amides is 2. The van der Waals surface area contributed by atoms with E-state index < -0.39 is 6.04 Å². The standard InChI is InChI=1S/C31H31N3O4/c1-19-8-4-5-9-21(19)30-29-23(22-10-6-7-11-24(22)32-29)17-25-31(36)33(18-28(35)34(25)30)15-14-20-12-13-26(37-2)27(16-20)38-3/h4-13,16,25,30,32H,14-15,17-18H2,1-3H3/t25-,30-/m0/s1. The number of carbonyl (C=O) groups is 2. The number of methoxy groups -OCH3 is 2. The number of hydrogen-bond acceptors (Lipinski definition) is 4. The van der Waals surface area contributed by atoms with E-state index in [0.717, 1.165) is 38.9 Å². The quantitative estimate of drug-likeness (QED) is 0.418. The number of hydrogen-bond donors (Lipinski definition) is 1. The zero-order valence-corrected chi connectivity index (χ0v) is 21.9. The van der Waals surface area contributed by atoms with Gasteiger partial charge in [-0.25, -0.2) is 0 Å². The highest BCUT2D eigenvalue weighted by molar-refractivity contribution is 5.97. The Morgan fingerprint density at radius 3 is 2.50 bits per heavy atom. The normalized spacial score (nSPS) is 18.9. The van der Waals surface area contributed by atoms with Crippen molar-refractivity contribution in [2.24, 2.45) is 0 Å². The first-order chi connectivity index (χ1) is 18.5. The molecule has 2 atom stereocenters. The van der Waals surface area contributed by atoms with Gasteiger partial charge in [0.2, 0.25) is 11.8 Å². The fourth-order valence-electron chi connectivity index (χ4n) is 6.03. The summed E-state index contributed by atoms with van der Waals surface area (Å²) in [7, 11) is 3.21. The van der Waals surface area contributed by atoms with Crippen molar-refractivity contribution < 1.29 is 19.1 Å². The third kappa shape index (κ3) is 3.90. The molecule has 1 aromatic heterocycles. The van der Waals surface area contributed by atoms with Crippen LogP contribution in [0.1, 0.15) is 34.0 Å². The molecular weight excluding hydrogens is 478 g/mol. The Bertz CT molecular complexity index is 1540. The third-order valence-electron chi connectivity index (χ3n) is 7.94. The zero-order valence-electron chi connectivity index (χ0n) is 21.9. The Labute approximate surface area is 222 Å². The van der Waals surface area contributed by atoms with E-state index in [1.165, 1.54) is 0 Å². The van der Waals surface area contributed by atoms with Crippen molar-refractivity contribution in [1.29, 1.82) is 0 Å². The highest BCUT2D eigenvalue weighted by atomic mass is 16.5. The second kappa shape index (κ2) is 9.56. The van der Waals surface area contributed by atoms with Crippen molar-refractivity contribution in [3.05, 3.63) is 94.7 Å². The van der Waals surface area contributed by atoms with Gasteiger partial charge in [0.15, 0.2) is 11.5 Å². The van der Waals surface area contributed by atoms with E-state index in [1.807, 2.05) is 47.4 Å². The van der Waals surface area contributed by atoms with Gasteiger partial charge >= 0.3 is 0 Å². The Balaban J connectivity index is 1.35. The smallest absolute Gasteiger partial charge is 0.246 e. The molecule has 0 spiro atoms. The van der Waals surface area contributed by atoms with Crippen LogP contribution in [0.4, 0.5) is 0 Å². The first-order valence-electron chi connectivity index (χ1n) is 13.0. The predicted octanol–water partition coefficient (Wildman–Crippen LogP) is 4.42. The van der Waals surface area contributed by atoms with Crippen molar-refractivity contribution in [2.45, 2.75) is 31.8 Å². The van der Waals surface area contributed by atoms with Crippen molar-refractivity contribution in [2.75, 3.05) is 27.3 Å². The second-order valence-electron chi connectivity index (χ2n) is 10.0. The van der Waals surface area contributed by atoms with Crippen LogP contribution in [0.25, 0.3) is 10.9 Å². The molecule has 3 aromatic carbocycles. The van der Waals surface area contributed by atoms with Gasteiger partial charge in [-0.1, -0.05) is 48.5 Å². The molecule has 0 aliphatic carbocycles. The first kappa shape index (κ1) is 24.1. The van der Waals surface area contributed by atoms with Gasteiger partial charge < -0.3 is 24.3 Å². The first-order valence-corrected chi connectivity index (χ1v) is 13.0. The summed E-state index contributed by atoms with van der Waals surface area (Å²) < 4.78 is 10.8. The number of benzene rings is 3. The second-order valence-corrected chi connectivity index (χ2v) is 10.0. The van der Waals surface area contributed by atoms with Crippen LogP contribution in [0.5, 0.6) is 11.5 Å². The van der Waals surface area contributed by atoms with Crippen molar-refractivity contribution in [3.63, 3.8) is 0 Å². The van der Waals surface area contributed by atoms with Gasteiger partial charge in [0.1, 0.15) is 6.04 Å². The van der Waals surface area contributed by atoms with Gasteiger partial charge in [0, 0.05) is 29.6 Å². The molecular formula is C31H31N3O4. The minimum Gasteiger partial charge on any atom is -0.493 e. The largest absolute Gasteiger partial charge is 0.493 e. The lowest BCUT2D eigenvalue weighted by molar-refractivity contribution is -0.158. The maximum atomic E-state index is 14.0. The van der Waals surface area contributed by atoms with Crippen LogP contribution in [-0.2, 0) is 22.4 Å². The molecule has 0 saturated carbocycles. The number of aromatic amines is 1. The van der Waals surface area contributed by atoms with E-state index >= 15 is 0 Å². The summed E-state index contributed by atoms with van der Waals surface area (Å²) in [5, 5.41) is 1.11. The number of nitrogens with zero attached hydrogens (tertiary/aromatic N) is 2. The fourth-order valence-corrected chi connectivity index (χ4v) is 6.03. The lowest BCUT2D eigenvalue weighted by atomic mass is 9.85. The molecule has 3 heterocycles. The number of ether oxygens (including phenoxy) is 2. The van der Waals surface area contributed by atoms with Crippen LogP contribution in [0.15, 0.2) is 66.7 Å². The zero-order chi connectivity index (χ0) is 26.4. The molecule has 6 rings (SSSR count). The summed E-state index contributed by atoms with van der Waals surface area (Å²) in [6, 6.07) is 21.2.